The number of hydrogen-bond donors (Lipinski definition) is 2. The number of hydrogen-bond acceptors (Lipinski definition) is 3. The van der Waals surface area contributed by atoms with E-state index >= 15 is 0 Å². The molecule has 114 valence electrons. The summed E-state index contributed by atoms with van der Waals surface area (Å²) in [6, 6.07) is 4.96. The van der Waals surface area contributed by atoms with Gasteiger partial charge in [0.15, 0.2) is 0 Å². The first kappa shape index (κ1) is 15.6. The third-order valence-corrected chi connectivity index (χ3v) is 3.80. The lowest BCUT2D eigenvalue weighted by molar-refractivity contribution is -0.134. The fourth-order valence-corrected chi connectivity index (χ4v) is 2.28. The Morgan fingerprint density at radius 3 is 2.62 bits per heavy atom. The zero-order valence-corrected chi connectivity index (χ0v) is 12.9. The molecule has 1 fully saturated rings. The Bertz CT molecular complexity index is 556. The highest BCUT2D eigenvalue weighted by atomic mass is 35.5. The second kappa shape index (κ2) is 6.35. The molecule has 0 atom stereocenters. The van der Waals surface area contributed by atoms with Crippen LogP contribution in [0.4, 0.5) is 5.69 Å². The molecule has 2 rings (SSSR count). The van der Waals surface area contributed by atoms with Crippen molar-refractivity contribution in [2.24, 2.45) is 5.41 Å². The molecule has 0 unspecified atom stereocenters. The maximum atomic E-state index is 12.4. The summed E-state index contributed by atoms with van der Waals surface area (Å²) in [4.78, 5) is 24.5. The molecular formula is C15H19ClN2O3. The highest BCUT2D eigenvalue weighted by Crippen LogP contribution is 2.47. The second-order valence-corrected chi connectivity index (χ2v) is 5.57. The summed E-state index contributed by atoms with van der Waals surface area (Å²) in [5.41, 5.74) is -0.466. The molecule has 1 aromatic carbocycles. The van der Waals surface area contributed by atoms with Crippen molar-refractivity contribution in [2.75, 3.05) is 19.0 Å². The number of methoxy groups -OCH3 is 1. The summed E-state index contributed by atoms with van der Waals surface area (Å²) in [6.45, 7) is 2.55. The van der Waals surface area contributed by atoms with Gasteiger partial charge in [-0.1, -0.05) is 18.5 Å². The molecule has 1 aliphatic carbocycles. The number of carbonyl (C=O) groups is 2. The first-order valence-corrected chi connectivity index (χ1v) is 7.34. The van der Waals surface area contributed by atoms with Crippen molar-refractivity contribution in [1.29, 1.82) is 0 Å². The Balaban J connectivity index is 2.11. The van der Waals surface area contributed by atoms with Crippen molar-refractivity contribution in [3.63, 3.8) is 0 Å². The number of ether oxygens (including phenoxy) is 1. The molecule has 0 radical (unpaired) electrons. The van der Waals surface area contributed by atoms with Crippen molar-refractivity contribution in [3.05, 3.63) is 23.2 Å². The Morgan fingerprint density at radius 2 is 2.05 bits per heavy atom. The van der Waals surface area contributed by atoms with E-state index in [9.17, 15) is 9.59 Å². The molecule has 0 heterocycles. The van der Waals surface area contributed by atoms with Gasteiger partial charge in [0.25, 0.3) is 0 Å². The minimum atomic E-state index is -0.942. The average Bonchev–Trinajstić information content (AvgIpc) is 3.26. The Kier molecular flexibility index (Phi) is 4.73. The van der Waals surface area contributed by atoms with Gasteiger partial charge in [0, 0.05) is 11.6 Å². The second-order valence-electron chi connectivity index (χ2n) is 5.14. The predicted molar refractivity (Wildman–Crippen MR) is 81.6 cm³/mol. The molecule has 0 bridgehead atoms. The van der Waals surface area contributed by atoms with Crippen LogP contribution in [0.3, 0.4) is 0 Å². The van der Waals surface area contributed by atoms with Gasteiger partial charge in [-0.05, 0) is 37.5 Å². The summed E-state index contributed by atoms with van der Waals surface area (Å²) in [5.74, 6) is -0.00275. The highest BCUT2D eigenvalue weighted by Gasteiger charge is 2.56. The summed E-state index contributed by atoms with van der Waals surface area (Å²) in [5, 5.41) is 6.03. The topological polar surface area (TPSA) is 67.4 Å². The molecule has 2 amide bonds. The lowest BCUT2D eigenvalue weighted by atomic mass is 10.0. The normalized spacial score (nSPS) is 15.2. The molecule has 5 nitrogen and oxygen atoms in total. The summed E-state index contributed by atoms with van der Waals surface area (Å²) < 4.78 is 5.19. The van der Waals surface area contributed by atoms with E-state index in [0.29, 0.717) is 35.8 Å². The van der Waals surface area contributed by atoms with Crippen LogP contribution in [-0.4, -0.2) is 25.5 Å². The number of benzene rings is 1. The van der Waals surface area contributed by atoms with Gasteiger partial charge < -0.3 is 15.4 Å². The van der Waals surface area contributed by atoms with E-state index in [1.165, 1.54) is 7.11 Å². The van der Waals surface area contributed by atoms with Gasteiger partial charge in [-0.25, -0.2) is 0 Å². The van der Waals surface area contributed by atoms with Crippen LogP contribution in [0, 0.1) is 5.41 Å². The van der Waals surface area contributed by atoms with Crippen LogP contribution in [0.5, 0.6) is 5.75 Å². The maximum absolute atomic E-state index is 12.4. The molecule has 1 saturated carbocycles. The summed E-state index contributed by atoms with van der Waals surface area (Å²) in [7, 11) is 1.51. The first-order chi connectivity index (χ1) is 10.0. The van der Waals surface area contributed by atoms with Crippen LogP contribution in [0.15, 0.2) is 18.2 Å². The van der Waals surface area contributed by atoms with E-state index in [0.717, 1.165) is 6.42 Å². The smallest absolute Gasteiger partial charge is 0.240 e. The monoisotopic (exact) mass is 310 g/mol. The van der Waals surface area contributed by atoms with Crippen LogP contribution < -0.4 is 15.4 Å². The Hall–Kier alpha value is -1.75. The van der Waals surface area contributed by atoms with Crippen molar-refractivity contribution >= 4 is 29.1 Å². The van der Waals surface area contributed by atoms with E-state index in [1.807, 2.05) is 6.92 Å². The fraction of sp³-hybridized carbons (Fsp3) is 0.467. The van der Waals surface area contributed by atoms with Crippen molar-refractivity contribution in [1.82, 2.24) is 5.32 Å². The third-order valence-electron chi connectivity index (χ3n) is 3.56. The standard InChI is InChI=1S/C15H19ClN2O3/c1-3-8-17-13(19)15(6-7-15)14(20)18-11-9-10(16)4-5-12(11)21-2/h4-5,9H,3,6-8H2,1-2H3,(H,17,19)(H,18,20). The summed E-state index contributed by atoms with van der Waals surface area (Å²) in [6.07, 6.45) is 1.97. The quantitative estimate of drug-likeness (QED) is 0.794. The molecule has 2 N–H and O–H groups in total. The number of amides is 2. The Labute approximate surface area is 129 Å². The van der Waals surface area contributed by atoms with Gasteiger partial charge >= 0.3 is 0 Å². The van der Waals surface area contributed by atoms with E-state index in [4.69, 9.17) is 16.3 Å². The van der Waals surface area contributed by atoms with E-state index < -0.39 is 5.41 Å². The van der Waals surface area contributed by atoms with Crippen molar-refractivity contribution < 1.29 is 14.3 Å². The highest BCUT2D eigenvalue weighted by molar-refractivity contribution is 6.31. The maximum Gasteiger partial charge on any atom is 0.240 e. The molecule has 21 heavy (non-hydrogen) atoms. The van der Waals surface area contributed by atoms with Crippen molar-refractivity contribution in [3.8, 4) is 5.75 Å². The molecule has 0 spiro atoms. The van der Waals surface area contributed by atoms with Gasteiger partial charge in [0.05, 0.1) is 12.8 Å². The molecule has 0 aliphatic heterocycles. The minimum absolute atomic E-state index is 0.206. The van der Waals surface area contributed by atoms with Crippen molar-refractivity contribution in [2.45, 2.75) is 26.2 Å². The molecular weight excluding hydrogens is 292 g/mol. The number of rotatable bonds is 6. The lowest BCUT2D eigenvalue weighted by Gasteiger charge is -2.16. The number of carbonyl (C=O) groups excluding carboxylic acids is 2. The van der Waals surface area contributed by atoms with Crippen LogP contribution in [0.2, 0.25) is 5.02 Å². The largest absolute Gasteiger partial charge is 0.495 e. The van der Waals surface area contributed by atoms with Crippen LogP contribution in [-0.2, 0) is 9.59 Å². The van der Waals surface area contributed by atoms with Crippen LogP contribution in [0.25, 0.3) is 0 Å². The number of nitrogens with one attached hydrogen (secondary N) is 2. The van der Waals surface area contributed by atoms with Crippen LogP contribution >= 0.6 is 11.6 Å². The van der Waals surface area contributed by atoms with E-state index in [1.54, 1.807) is 18.2 Å². The molecule has 0 aromatic heterocycles. The SMILES string of the molecule is CCCNC(=O)C1(C(=O)Nc2cc(Cl)ccc2OC)CC1. The Morgan fingerprint density at radius 1 is 1.33 bits per heavy atom. The van der Waals surface area contributed by atoms with Gasteiger partial charge in [-0.15, -0.1) is 0 Å². The van der Waals surface area contributed by atoms with Gasteiger partial charge in [-0.2, -0.15) is 0 Å². The predicted octanol–water partition coefficient (Wildman–Crippen LogP) is 2.59. The third kappa shape index (κ3) is 3.29. The van der Waals surface area contributed by atoms with E-state index in [-0.39, 0.29) is 11.8 Å². The average molecular weight is 311 g/mol. The number of anilines is 1. The van der Waals surface area contributed by atoms with E-state index in [2.05, 4.69) is 10.6 Å². The molecule has 1 aliphatic rings. The lowest BCUT2D eigenvalue weighted by Crippen LogP contribution is -2.40. The van der Waals surface area contributed by atoms with Gasteiger partial charge in [-0.3, -0.25) is 9.59 Å². The molecule has 6 heteroatoms. The first-order valence-electron chi connectivity index (χ1n) is 6.97. The van der Waals surface area contributed by atoms with Crippen LogP contribution in [0.1, 0.15) is 26.2 Å². The van der Waals surface area contributed by atoms with Gasteiger partial charge in [0.2, 0.25) is 11.8 Å². The molecule has 0 saturated heterocycles. The number of halogens is 1. The minimum Gasteiger partial charge on any atom is -0.495 e. The molecule has 1 aromatic rings. The zero-order chi connectivity index (χ0) is 15.5. The van der Waals surface area contributed by atoms with Gasteiger partial charge in [0.1, 0.15) is 11.2 Å². The summed E-state index contributed by atoms with van der Waals surface area (Å²) >= 11 is 5.93. The zero-order valence-electron chi connectivity index (χ0n) is 12.2. The fourth-order valence-electron chi connectivity index (χ4n) is 2.11.